The van der Waals surface area contributed by atoms with Gasteiger partial charge in [0.2, 0.25) is 0 Å². The zero-order chi connectivity index (χ0) is 5.86. The normalized spacial score (nSPS) is 15.4. The quantitative estimate of drug-likeness (QED) is 0.419. The van der Waals surface area contributed by atoms with Crippen molar-refractivity contribution < 1.29 is 0 Å². The molecule has 7 heavy (non-hydrogen) atoms. The second kappa shape index (κ2) is 3.76. The first kappa shape index (κ1) is 7.80. The van der Waals surface area contributed by atoms with Crippen LogP contribution in [0.2, 0.25) is 5.54 Å². The topological polar surface area (TPSA) is 0 Å². The zero-order valence-electron chi connectivity index (χ0n) is 4.62. The van der Waals surface area contributed by atoms with Crippen LogP contribution in [0.3, 0.4) is 0 Å². The van der Waals surface area contributed by atoms with Gasteiger partial charge in [-0.05, 0) is 5.54 Å². The smallest absolute Gasteiger partial charge is 0.105 e. The molecule has 0 rings (SSSR count). The van der Waals surface area contributed by atoms with Crippen LogP contribution >= 0.6 is 23.2 Å². The molecule has 0 saturated carbocycles. The predicted molar refractivity (Wildman–Crippen MR) is 39.5 cm³/mol. The predicted octanol–water partition coefficient (Wildman–Crippen LogP) is 1.35. The van der Waals surface area contributed by atoms with E-state index in [1.165, 1.54) is 0 Å². The van der Waals surface area contributed by atoms with Gasteiger partial charge in [0, 0.05) is 10.2 Å². The average Bonchev–Trinajstić information content (AvgIpc) is 1.65. The minimum atomic E-state index is -0.128. The third-order valence-corrected chi connectivity index (χ3v) is 4.26. The molecule has 0 bridgehead atoms. The van der Waals surface area contributed by atoms with Crippen LogP contribution in [-0.4, -0.2) is 15.1 Å². The van der Waals surface area contributed by atoms with Crippen molar-refractivity contribution in [3.05, 3.63) is 0 Å². The van der Waals surface area contributed by atoms with Crippen LogP contribution in [0.5, 0.6) is 0 Å². The van der Waals surface area contributed by atoms with Gasteiger partial charge >= 0.3 is 0 Å². The molecule has 0 aromatic heterocycles. The molecule has 44 valence electrons. The van der Waals surface area contributed by atoms with Crippen molar-refractivity contribution in [3.8, 4) is 0 Å². The van der Waals surface area contributed by atoms with Crippen LogP contribution in [0.1, 0.15) is 13.3 Å². The molecule has 0 aliphatic rings. The van der Waals surface area contributed by atoms with Crippen molar-refractivity contribution in [1.29, 1.82) is 0 Å². The first-order chi connectivity index (χ1) is 3.18. The molecule has 1 atom stereocenters. The molecule has 0 nitrogen and oxygen atoms in total. The SMILES string of the molecule is CCC([SiH3])C(Cl)Cl. The number of hydrogen-bond donors (Lipinski definition) is 0. The van der Waals surface area contributed by atoms with E-state index in [0.29, 0.717) is 5.54 Å². The highest BCUT2D eigenvalue weighted by Gasteiger charge is 2.06. The highest BCUT2D eigenvalue weighted by molar-refractivity contribution is 6.47. The molecule has 0 fully saturated rings. The summed E-state index contributed by atoms with van der Waals surface area (Å²) < 4.78 is 0. The first-order valence-electron chi connectivity index (χ1n) is 2.46. The van der Waals surface area contributed by atoms with Crippen LogP contribution in [-0.2, 0) is 0 Å². The molecule has 3 heteroatoms. The Bertz CT molecular complexity index is 47.0. The molecular formula is C4H10Cl2Si. The average molecular weight is 157 g/mol. The van der Waals surface area contributed by atoms with E-state index in [2.05, 4.69) is 6.92 Å². The summed E-state index contributed by atoms with van der Waals surface area (Å²) in [5.41, 5.74) is 0.573. The summed E-state index contributed by atoms with van der Waals surface area (Å²) in [7, 11) is 1.11. The Balaban J connectivity index is 3.14. The van der Waals surface area contributed by atoms with Crippen molar-refractivity contribution >= 4 is 33.4 Å². The van der Waals surface area contributed by atoms with Gasteiger partial charge in [-0.25, -0.2) is 0 Å². The van der Waals surface area contributed by atoms with Gasteiger partial charge in [0.1, 0.15) is 4.84 Å². The zero-order valence-corrected chi connectivity index (χ0v) is 8.13. The maximum absolute atomic E-state index is 5.53. The van der Waals surface area contributed by atoms with Gasteiger partial charge in [-0.2, -0.15) is 0 Å². The fraction of sp³-hybridized carbons (Fsp3) is 1.00. The van der Waals surface area contributed by atoms with Gasteiger partial charge in [-0.1, -0.05) is 13.3 Å². The maximum atomic E-state index is 5.53. The Hall–Kier alpha value is 0.797. The first-order valence-corrected chi connectivity index (χ1v) is 4.49. The monoisotopic (exact) mass is 156 g/mol. The minimum absolute atomic E-state index is 0.128. The van der Waals surface area contributed by atoms with Gasteiger partial charge < -0.3 is 0 Å². The van der Waals surface area contributed by atoms with E-state index in [9.17, 15) is 0 Å². The maximum Gasteiger partial charge on any atom is 0.107 e. The second-order valence-electron chi connectivity index (χ2n) is 1.72. The molecule has 0 N–H and O–H groups in total. The number of alkyl halides is 2. The summed E-state index contributed by atoms with van der Waals surface area (Å²) in [6.07, 6.45) is 1.11. The van der Waals surface area contributed by atoms with E-state index in [1.54, 1.807) is 0 Å². The Kier molecular flexibility index (Phi) is 4.18. The lowest BCUT2D eigenvalue weighted by atomic mass is 10.4. The molecule has 0 saturated heterocycles. The molecule has 0 radical (unpaired) electrons. The third kappa shape index (κ3) is 3.39. The van der Waals surface area contributed by atoms with Crippen LogP contribution < -0.4 is 0 Å². The van der Waals surface area contributed by atoms with Crippen molar-refractivity contribution in [1.82, 2.24) is 0 Å². The Morgan fingerprint density at radius 3 is 2.00 bits per heavy atom. The lowest BCUT2D eigenvalue weighted by Crippen LogP contribution is -1.98. The Labute approximate surface area is 57.6 Å². The molecule has 0 aliphatic heterocycles. The van der Waals surface area contributed by atoms with Crippen LogP contribution in [0.15, 0.2) is 0 Å². The summed E-state index contributed by atoms with van der Waals surface area (Å²) >= 11 is 11.1. The van der Waals surface area contributed by atoms with Gasteiger partial charge in [0.15, 0.2) is 0 Å². The highest BCUT2D eigenvalue weighted by atomic mass is 35.5. The van der Waals surface area contributed by atoms with Crippen molar-refractivity contribution in [2.75, 3.05) is 0 Å². The fourth-order valence-corrected chi connectivity index (χ4v) is 0.535. The molecular weight excluding hydrogens is 147 g/mol. The molecule has 0 aliphatic carbocycles. The van der Waals surface area contributed by atoms with E-state index < -0.39 is 0 Å². The van der Waals surface area contributed by atoms with Crippen molar-refractivity contribution in [2.45, 2.75) is 23.7 Å². The largest absolute Gasteiger partial charge is 0.107 e. The Morgan fingerprint density at radius 1 is 1.57 bits per heavy atom. The van der Waals surface area contributed by atoms with E-state index in [1.807, 2.05) is 0 Å². The summed E-state index contributed by atoms with van der Waals surface area (Å²) in [4.78, 5) is -0.128. The van der Waals surface area contributed by atoms with Crippen LogP contribution in [0, 0.1) is 0 Å². The molecule has 1 unspecified atom stereocenters. The van der Waals surface area contributed by atoms with Gasteiger partial charge in [0.25, 0.3) is 0 Å². The van der Waals surface area contributed by atoms with Crippen molar-refractivity contribution in [3.63, 3.8) is 0 Å². The molecule has 0 aromatic rings. The van der Waals surface area contributed by atoms with Gasteiger partial charge in [-0.15, -0.1) is 23.2 Å². The summed E-state index contributed by atoms with van der Waals surface area (Å²) in [6.45, 7) is 2.11. The number of rotatable bonds is 2. The van der Waals surface area contributed by atoms with E-state index in [-0.39, 0.29) is 4.84 Å². The lowest BCUT2D eigenvalue weighted by Gasteiger charge is -2.05. The number of halogens is 2. The Morgan fingerprint density at radius 2 is 2.00 bits per heavy atom. The fourth-order valence-electron chi connectivity index (χ4n) is 0.178. The molecule has 0 aromatic carbocycles. The summed E-state index contributed by atoms with van der Waals surface area (Å²) in [5, 5.41) is 0. The van der Waals surface area contributed by atoms with E-state index >= 15 is 0 Å². The molecule has 0 heterocycles. The summed E-state index contributed by atoms with van der Waals surface area (Å²) in [5.74, 6) is 0. The summed E-state index contributed by atoms with van der Waals surface area (Å²) in [6, 6.07) is 0. The van der Waals surface area contributed by atoms with E-state index in [0.717, 1.165) is 16.7 Å². The molecule has 0 amide bonds. The lowest BCUT2D eigenvalue weighted by molar-refractivity contribution is 0.854. The standard InChI is InChI=1S/C4H10Cl2Si/c1-2-3(7)4(5)6/h3-4H,2H2,1,7H3. The van der Waals surface area contributed by atoms with Crippen LogP contribution in [0.25, 0.3) is 0 Å². The van der Waals surface area contributed by atoms with Crippen LogP contribution in [0.4, 0.5) is 0 Å². The van der Waals surface area contributed by atoms with Gasteiger partial charge in [-0.3, -0.25) is 0 Å². The highest BCUT2D eigenvalue weighted by Crippen LogP contribution is 2.19. The van der Waals surface area contributed by atoms with E-state index in [4.69, 9.17) is 23.2 Å². The minimum Gasteiger partial charge on any atom is -0.105 e. The molecule has 0 spiro atoms. The van der Waals surface area contributed by atoms with Gasteiger partial charge in [0.05, 0.1) is 0 Å². The second-order valence-corrected chi connectivity index (χ2v) is 4.37. The number of hydrogen-bond acceptors (Lipinski definition) is 0. The third-order valence-electron chi connectivity index (χ3n) is 1.07. The van der Waals surface area contributed by atoms with Crippen molar-refractivity contribution in [2.24, 2.45) is 0 Å².